The van der Waals surface area contributed by atoms with Crippen molar-refractivity contribution in [2.45, 2.75) is 13.0 Å². The van der Waals surface area contributed by atoms with E-state index in [1.807, 2.05) is 0 Å². The Labute approximate surface area is 77.5 Å². The molecule has 0 aromatic carbocycles. The van der Waals surface area contributed by atoms with E-state index in [2.05, 4.69) is 10.6 Å². The normalized spacial score (nSPS) is 22.6. The maximum atomic E-state index is 11.2. The van der Waals surface area contributed by atoms with Crippen LogP contribution < -0.4 is 10.6 Å². The van der Waals surface area contributed by atoms with Gasteiger partial charge in [-0.05, 0) is 0 Å². The first-order valence-corrected chi connectivity index (χ1v) is 4.35. The number of piperazine rings is 1. The van der Waals surface area contributed by atoms with Crippen molar-refractivity contribution in [1.29, 1.82) is 0 Å². The summed E-state index contributed by atoms with van der Waals surface area (Å²) in [5.41, 5.74) is 0. The van der Waals surface area contributed by atoms with Gasteiger partial charge in [0, 0.05) is 33.6 Å². The van der Waals surface area contributed by atoms with Crippen LogP contribution in [0.3, 0.4) is 0 Å². The Hall–Kier alpha value is -1.10. The third-order valence-corrected chi connectivity index (χ3v) is 2.18. The first-order chi connectivity index (χ1) is 6.15. The molecule has 74 valence electrons. The van der Waals surface area contributed by atoms with E-state index in [9.17, 15) is 9.59 Å². The van der Waals surface area contributed by atoms with Gasteiger partial charge in [-0.1, -0.05) is 0 Å². The lowest BCUT2D eigenvalue weighted by molar-refractivity contribution is -0.132. The van der Waals surface area contributed by atoms with E-state index in [4.69, 9.17) is 0 Å². The number of carbonyl (C=O) groups excluding carboxylic acids is 2. The van der Waals surface area contributed by atoms with Gasteiger partial charge in [-0.25, -0.2) is 0 Å². The summed E-state index contributed by atoms with van der Waals surface area (Å²) in [6, 6.07) is -0.261. The molecule has 1 aliphatic rings. The Morgan fingerprint density at radius 1 is 1.54 bits per heavy atom. The zero-order chi connectivity index (χ0) is 9.84. The van der Waals surface area contributed by atoms with E-state index in [0.717, 1.165) is 0 Å². The zero-order valence-corrected chi connectivity index (χ0v) is 7.96. The molecule has 0 spiro atoms. The van der Waals surface area contributed by atoms with Crippen molar-refractivity contribution in [2.75, 3.05) is 26.7 Å². The lowest BCUT2D eigenvalue weighted by Crippen LogP contribution is -2.57. The van der Waals surface area contributed by atoms with Crippen molar-refractivity contribution in [3.63, 3.8) is 0 Å². The number of nitrogens with one attached hydrogen (secondary N) is 2. The molecule has 13 heavy (non-hydrogen) atoms. The molecule has 5 heteroatoms. The van der Waals surface area contributed by atoms with Crippen LogP contribution in [0.4, 0.5) is 0 Å². The maximum Gasteiger partial charge on any atom is 0.238 e. The van der Waals surface area contributed by atoms with E-state index >= 15 is 0 Å². The minimum Gasteiger partial charge on any atom is -0.358 e. The summed E-state index contributed by atoms with van der Waals surface area (Å²) >= 11 is 0. The molecule has 2 amide bonds. The van der Waals surface area contributed by atoms with Crippen LogP contribution in [-0.2, 0) is 9.59 Å². The van der Waals surface area contributed by atoms with Crippen LogP contribution in [0.15, 0.2) is 0 Å². The van der Waals surface area contributed by atoms with Gasteiger partial charge in [0.1, 0.15) is 6.04 Å². The van der Waals surface area contributed by atoms with Crippen LogP contribution >= 0.6 is 0 Å². The fraction of sp³-hybridized carbons (Fsp3) is 0.750. The van der Waals surface area contributed by atoms with Crippen molar-refractivity contribution in [2.24, 2.45) is 0 Å². The molecule has 1 heterocycles. The highest BCUT2D eigenvalue weighted by molar-refractivity contribution is 5.83. The number of likely N-dealkylation sites (N-methyl/N-ethyl adjacent to an activating group) is 1. The number of amides is 2. The molecular weight excluding hydrogens is 170 g/mol. The molecule has 1 unspecified atom stereocenters. The smallest absolute Gasteiger partial charge is 0.238 e. The number of hydrogen-bond acceptors (Lipinski definition) is 3. The first kappa shape index (κ1) is 9.98. The van der Waals surface area contributed by atoms with Crippen LogP contribution in [0.5, 0.6) is 0 Å². The predicted molar refractivity (Wildman–Crippen MR) is 48.1 cm³/mol. The summed E-state index contributed by atoms with van der Waals surface area (Å²) in [6.07, 6.45) is 0. The van der Waals surface area contributed by atoms with E-state index in [1.165, 1.54) is 6.92 Å². The van der Waals surface area contributed by atoms with E-state index in [-0.39, 0.29) is 17.9 Å². The standard InChI is InChI=1S/C8H15N3O2/c1-6(12)11-4-3-10-7(5-11)8(13)9-2/h7,10H,3-5H2,1-2H3,(H,9,13). The molecular formula is C8H15N3O2. The Bertz CT molecular complexity index is 217. The molecule has 0 saturated carbocycles. The fourth-order valence-electron chi connectivity index (χ4n) is 1.39. The summed E-state index contributed by atoms with van der Waals surface area (Å²) < 4.78 is 0. The van der Waals surface area contributed by atoms with Gasteiger partial charge in [0.25, 0.3) is 0 Å². The average Bonchev–Trinajstić information content (AvgIpc) is 2.17. The number of hydrogen-bond donors (Lipinski definition) is 2. The van der Waals surface area contributed by atoms with Crippen molar-refractivity contribution in [1.82, 2.24) is 15.5 Å². The van der Waals surface area contributed by atoms with Crippen molar-refractivity contribution in [3.8, 4) is 0 Å². The Morgan fingerprint density at radius 2 is 2.23 bits per heavy atom. The van der Waals surface area contributed by atoms with Crippen LogP contribution in [-0.4, -0.2) is 49.4 Å². The van der Waals surface area contributed by atoms with Gasteiger partial charge in [-0.3, -0.25) is 9.59 Å². The summed E-state index contributed by atoms with van der Waals surface area (Å²) in [4.78, 5) is 23.9. The molecule has 0 aromatic heterocycles. The van der Waals surface area contributed by atoms with E-state index < -0.39 is 0 Å². The van der Waals surface area contributed by atoms with Gasteiger partial charge in [0.05, 0.1) is 0 Å². The molecule has 0 radical (unpaired) electrons. The molecule has 0 aromatic rings. The predicted octanol–water partition coefficient (Wildman–Crippen LogP) is -1.45. The highest BCUT2D eigenvalue weighted by Gasteiger charge is 2.25. The molecule has 1 atom stereocenters. The van der Waals surface area contributed by atoms with Crippen molar-refractivity contribution >= 4 is 11.8 Å². The maximum absolute atomic E-state index is 11.2. The van der Waals surface area contributed by atoms with E-state index in [1.54, 1.807) is 11.9 Å². The van der Waals surface area contributed by atoms with Gasteiger partial charge in [-0.2, -0.15) is 0 Å². The van der Waals surface area contributed by atoms with Crippen LogP contribution in [0, 0.1) is 0 Å². The summed E-state index contributed by atoms with van der Waals surface area (Å²) in [7, 11) is 1.59. The van der Waals surface area contributed by atoms with Crippen LogP contribution in [0.2, 0.25) is 0 Å². The lowest BCUT2D eigenvalue weighted by atomic mass is 10.2. The van der Waals surface area contributed by atoms with Crippen LogP contribution in [0.1, 0.15) is 6.92 Å². The molecule has 1 fully saturated rings. The summed E-state index contributed by atoms with van der Waals surface area (Å²) in [5.74, 6) is -0.0404. The summed E-state index contributed by atoms with van der Waals surface area (Å²) in [5, 5.41) is 5.60. The molecule has 1 rings (SSSR count). The van der Waals surface area contributed by atoms with Gasteiger partial charge >= 0.3 is 0 Å². The molecule has 0 bridgehead atoms. The first-order valence-electron chi connectivity index (χ1n) is 4.35. The quantitative estimate of drug-likeness (QED) is 0.525. The second-order valence-electron chi connectivity index (χ2n) is 3.09. The van der Waals surface area contributed by atoms with E-state index in [0.29, 0.717) is 19.6 Å². The number of rotatable bonds is 1. The van der Waals surface area contributed by atoms with Crippen molar-refractivity contribution in [3.05, 3.63) is 0 Å². The minimum atomic E-state index is -0.261. The van der Waals surface area contributed by atoms with Gasteiger partial charge < -0.3 is 15.5 Å². The minimum absolute atomic E-state index is 0.0235. The fourth-order valence-corrected chi connectivity index (χ4v) is 1.39. The molecule has 0 aliphatic carbocycles. The largest absolute Gasteiger partial charge is 0.358 e. The molecule has 1 aliphatic heterocycles. The molecule has 2 N–H and O–H groups in total. The highest BCUT2D eigenvalue weighted by atomic mass is 16.2. The highest BCUT2D eigenvalue weighted by Crippen LogP contribution is 1.99. The van der Waals surface area contributed by atoms with Crippen molar-refractivity contribution < 1.29 is 9.59 Å². The third kappa shape index (κ3) is 2.42. The second kappa shape index (κ2) is 4.23. The van der Waals surface area contributed by atoms with Gasteiger partial charge in [0.2, 0.25) is 11.8 Å². The second-order valence-corrected chi connectivity index (χ2v) is 3.09. The monoisotopic (exact) mass is 185 g/mol. The Kier molecular flexibility index (Phi) is 3.25. The third-order valence-electron chi connectivity index (χ3n) is 2.18. The van der Waals surface area contributed by atoms with Crippen LogP contribution in [0.25, 0.3) is 0 Å². The number of carbonyl (C=O) groups is 2. The molecule has 1 saturated heterocycles. The van der Waals surface area contributed by atoms with Gasteiger partial charge in [-0.15, -0.1) is 0 Å². The Morgan fingerprint density at radius 3 is 2.77 bits per heavy atom. The lowest BCUT2D eigenvalue weighted by Gasteiger charge is -2.31. The summed E-state index contributed by atoms with van der Waals surface area (Å²) in [6.45, 7) is 3.35. The number of nitrogens with zero attached hydrogens (tertiary/aromatic N) is 1. The Balaban J connectivity index is 2.51. The van der Waals surface area contributed by atoms with Gasteiger partial charge in [0.15, 0.2) is 0 Å². The topological polar surface area (TPSA) is 61.4 Å². The average molecular weight is 185 g/mol. The molecule has 5 nitrogen and oxygen atoms in total. The zero-order valence-electron chi connectivity index (χ0n) is 7.96. The SMILES string of the molecule is CNC(=O)C1CN(C(C)=O)CCN1.